The number of hydrogen-bond donors (Lipinski definition) is 2. The van der Waals surface area contributed by atoms with E-state index in [0.29, 0.717) is 0 Å². The summed E-state index contributed by atoms with van der Waals surface area (Å²) in [6, 6.07) is 8.04. The van der Waals surface area contributed by atoms with Crippen molar-refractivity contribution < 1.29 is 31.5 Å². The number of hydrogen-bond acceptors (Lipinski definition) is 5. The monoisotopic (exact) mass is 424 g/mol. The zero-order chi connectivity index (χ0) is 21.6. The van der Waals surface area contributed by atoms with Crippen molar-refractivity contribution in [1.29, 1.82) is 0 Å². The lowest BCUT2D eigenvalue weighted by Crippen LogP contribution is -2.30. The minimum absolute atomic E-state index is 0.0937. The number of para-hydroxylation sites is 1. The van der Waals surface area contributed by atoms with Gasteiger partial charge in [0, 0.05) is 6.54 Å². The molecule has 1 unspecified atom stereocenters. The summed E-state index contributed by atoms with van der Waals surface area (Å²) in [5.41, 5.74) is -0.375. The second kappa shape index (κ2) is 9.39. The van der Waals surface area contributed by atoms with Crippen LogP contribution in [0.15, 0.2) is 60.0 Å². The summed E-state index contributed by atoms with van der Waals surface area (Å²) in [4.78, 5) is 23.6. The Bertz CT molecular complexity index is 1040. The molecule has 0 heterocycles. The number of benzene rings is 2. The fraction of sp³-hybridized carbons (Fsp3) is 0.158. The van der Waals surface area contributed by atoms with Crippen molar-refractivity contribution >= 4 is 27.6 Å². The minimum Gasteiger partial charge on any atom is -0.449 e. The molecule has 0 bridgehead atoms. The summed E-state index contributed by atoms with van der Waals surface area (Å²) >= 11 is 0. The van der Waals surface area contributed by atoms with Crippen molar-refractivity contribution in [3.63, 3.8) is 0 Å². The Morgan fingerprint density at radius 3 is 2.52 bits per heavy atom. The van der Waals surface area contributed by atoms with E-state index >= 15 is 0 Å². The lowest BCUT2D eigenvalue weighted by atomic mass is 10.2. The number of esters is 1. The second-order valence-electron chi connectivity index (χ2n) is 5.80. The van der Waals surface area contributed by atoms with Crippen molar-refractivity contribution in [2.75, 3.05) is 11.9 Å². The molecule has 2 N–H and O–H groups in total. The molecular weight excluding hydrogens is 406 g/mol. The van der Waals surface area contributed by atoms with Crippen molar-refractivity contribution in [1.82, 2.24) is 4.72 Å². The number of amides is 1. The molecule has 0 radical (unpaired) electrons. The average molecular weight is 424 g/mol. The Morgan fingerprint density at radius 2 is 1.86 bits per heavy atom. The summed E-state index contributed by atoms with van der Waals surface area (Å²) in [7, 11) is -4.22. The molecule has 2 aromatic carbocycles. The summed E-state index contributed by atoms with van der Waals surface area (Å²) in [6.07, 6.45) is -0.0604. The SMILES string of the molecule is C=CCNS(=O)(=O)c1cc(C(=O)OC(C)C(=O)Nc2ccccc2F)ccc1F. The largest absolute Gasteiger partial charge is 0.449 e. The predicted octanol–water partition coefficient (Wildman–Crippen LogP) is 2.61. The van der Waals surface area contributed by atoms with E-state index in [-0.39, 0.29) is 17.8 Å². The molecule has 7 nitrogen and oxygen atoms in total. The minimum atomic E-state index is -4.22. The van der Waals surface area contributed by atoms with Crippen LogP contribution in [-0.4, -0.2) is 32.9 Å². The van der Waals surface area contributed by atoms with Crippen LogP contribution in [0.2, 0.25) is 0 Å². The van der Waals surface area contributed by atoms with Gasteiger partial charge >= 0.3 is 5.97 Å². The number of carbonyl (C=O) groups is 2. The number of anilines is 1. The van der Waals surface area contributed by atoms with Gasteiger partial charge in [-0.25, -0.2) is 26.7 Å². The van der Waals surface area contributed by atoms with Crippen LogP contribution >= 0.6 is 0 Å². The Labute approximate surface area is 166 Å². The van der Waals surface area contributed by atoms with Gasteiger partial charge in [0.15, 0.2) is 6.10 Å². The van der Waals surface area contributed by atoms with E-state index in [0.717, 1.165) is 24.3 Å². The highest BCUT2D eigenvalue weighted by molar-refractivity contribution is 7.89. The molecule has 0 aromatic heterocycles. The van der Waals surface area contributed by atoms with E-state index in [1.807, 2.05) is 0 Å². The maximum absolute atomic E-state index is 13.9. The lowest BCUT2D eigenvalue weighted by Gasteiger charge is -2.14. The van der Waals surface area contributed by atoms with Crippen molar-refractivity contribution in [3.05, 3.63) is 72.3 Å². The summed E-state index contributed by atoms with van der Waals surface area (Å²) in [5, 5.41) is 2.27. The van der Waals surface area contributed by atoms with Crippen LogP contribution < -0.4 is 10.0 Å². The Morgan fingerprint density at radius 1 is 1.17 bits per heavy atom. The van der Waals surface area contributed by atoms with Crippen LogP contribution in [0.4, 0.5) is 14.5 Å². The first-order chi connectivity index (χ1) is 13.7. The number of rotatable bonds is 8. The van der Waals surface area contributed by atoms with Gasteiger partial charge in [-0.2, -0.15) is 0 Å². The lowest BCUT2D eigenvalue weighted by molar-refractivity contribution is -0.123. The van der Waals surface area contributed by atoms with E-state index < -0.39 is 44.5 Å². The van der Waals surface area contributed by atoms with Crippen LogP contribution in [0.1, 0.15) is 17.3 Å². The zero-order valence-electron chi connectivity index (χ0n) is 15.3. The Kier molecular flexibility index (Phi) is 7.18. The first-order valence-electron chi connectivity index (χ1n) is 8.32. The molecule has 1 amide bonds. The summed E-state index contributed by atoms with van der Waals surface area (Å²) in [5.74, 6) is -3.59. The number of nitrogens with one attached hydrogen (secondary N) is 2. The Balaban J connectivity index is 2.14. The van der Waals surface area contributed by atoms with Crippen molar-refractivity contribution in [2.45, 2.75) is 17.9 Å². The smallest absolute Gasteiger partial charge is 0.338 e. The van der Waals surface area contributed by atoms with Gasteiger partial charge < -0.3 is 10.1 Å². The molecular formula is C19H18F2N2O5S. The standard InChI is InChI=1S/C19H18F2N2O5S/c1-3-10-22-29(26,27)17-11-13(8-9-15(17)21)19(25)28-12(2)18(24)23-16-7-5-4-6-14(16)20/h3-9,11-12,22H,1,10H2,2H3,(H,23,24). The average Bonchev–Trinajstić information content (AvgIpc) is 2.68. The topological polar surface area (TPSA) is 102 Å². The third-order valence-corrected chi connectivity index (χ3v) is 5.10. The van der Waals surface area contributed by atoms with Crippen LogP contribution in [0, 0.1) is 11.6 Å². The van der Waals surface area contributed by atoms with E-state index in [2.05, 4.69) is 16.6 Å². The fourth-order valence-corrected chi connectivity index (χ4v) is 3.26. The highest BCUT2D eigenvalue weighted by Crippen LogP contribution is 2.18. The molecule has 0 saturated heterocycles. The highest BCUT2D eigenvalue weighted by atomic mass is 32.2. The molecule has 0 fully saturated rings. The third kappa shape index (κ3) is 5.69. The molecule has 0 aliphatic rings. The maximum Gasteiger partial charge on any atom is 0.338 e. The quantitative estimate of drug-likeness (QED) is 0.501. The van der Waals surface area contributed by atoms with Gasteiger partial charge in [-0.3, -0.25) is 4.79 Å². The van der Waals surface area contributed by atoms with Gasteiger partial charge in [0.05, 0.1) is 11.3 Å². The number of sulfonamides is 1. The van der Waals surface area contributed by atoms with E-state index in [4.69, 9.17) is 4.74 Å². The van der Waals surface area contributed by atoms with E-state index in [1.165, 1.54) is 31.2 Å². The molecule has 10 heteroatoms. The molecule has 0 spiro atoms. The van der Waals surface area contributed by atoms with Gasteiger partial charge in [0.25, 0.3) is 5.91 Å². The zero-order valence-corrected chi connectivity index (χ0v) is 16.1. The molecule has 0 aliphatic heterocycles. The van der Waals surface area contributed by atoms with Crippen LogP contribution in [0.3, 0.4) is 0 Å². The number of halogens is 2. The predicted molar refractivity (Wildman–Crippen MR) is 102 cm³/mol. The fourth-order valence-electron chi connectivity index (χ4n) is 2.16. The van der Waals surface area contributed by atoms with E-state index in [9.17, 15) is 26.8 Å². The van der Waals surface area contributed by atoms with Crippen molar-refractivity contribution in [3.8, 4) is 0 Å². The molecule has 0 saturated carbocycles. The molecule has 2 aromatic rings. The van der Waals surface area contributed by atoms with Crippen LogP contribution in [0.5, 0.6) is 0 Å². The van der Waals surface area contributed by atoms with Gasteiger partial charge in [-0.15, -0.1) is 6.58 Å². The van der Waals surface area contributed by atoms with E-state index in [1.54, 1.807) is 0 Å². The second-order valence-corrected chi connectivity index (χ2v) is 7.54. The number of ether oxygens (including phenoxy) is 1. The molecule has 0 aliphatic carbocycles. The van der Waals surface area contributed by atoms with Crippen LogP contribution in [0.25, 0.3) is 0 Å². The number of carbonyl (C=O) groups excluding carboxylic acids is 2. The Hall–Kier alpha value is -3.11. The van der Waals surface area contributed by atoms with Gasteiger partial charge in [0.1, 0.15) is 16.5 Å². The third-order valence-electron chi connectivity index (χ3n) is 3.66. The van der Waals surface area contributed by atoms with Crippen LogP contribution in [-0.2, 0) is 19.6 Å². The first-order valence-corrected chi connectivity index (χ1v) is 9.80. The molecule has 29 heavy (non-hydrogen) atoms. The van der Waals surface area contributed by atoms with Crippen molar-refractivity contribution in [2.24, 2.45) is 0 Å². The maximum atomic E-state index is 13.9. The highest BCUT2D eigenvalue weighted by Gasteiger charge is 2.24. The molecule has 1 atom stereocenters. The van der Waals surface area contributed by atoms with Gasteiger partial charge in [-0.05, 0) is 37.3 Å². The van der Waals surface area contributed by atoms with Gasteiger partial charge in [0.2, 0.25) is 10.0 Å². The molecule has 2 rings (SSSR count). The van der Waals surface area contributed by atoms with Gasteiger partial charge in [-0.1, -0.05) is 18.2 Å². The summed E-state index contributed by atoms with van der Waals surface area (Å²) < 4.78 is 58.8. The summed E-state index contributed by atoms with van der Waals surface area (Å²) in [6.45, 7) is 4.47. The normalized spacial score (nSPS) is 12.1. The first kappa shape index (κ1) is 22.2. The molecule has 154 valence electrons.